The fourth-order valence-corrected chi connectivity index (χ4v) is 5.17. The van der Waals surface area contributed by atoms with Crippen molar-refractivity contribution in [1.82, 2.24) is 5.32 Å². The predicted octanol–water partition coefficient (Wildman–Crippen LogP) is 3.93. The van der Waals surface area contributed by atoms with Crippen LogP contribution in [-0.2, 0) is 14.8 Å². The fourth-order valence-electron chi connectivity index (χ4n) is 3.48. The topological polar surface area (TPSA) is 66.5 Å². The average molecular weight is 409 g/mol. The molecule has 0 radical (unpaired) electrons. The summed E-state index contributed by atoms with van der Waals surface area (Å²) in [6, 6.07) is 18.3. The number of fused-ring (bicyclic) bond motifs is 1. The number of sulfonamides is 1. The highest BCUT2D eigenvalue weighted by Gasteiger charge is 2.31. The highest BCUT2D eigenvalue weighted by atomic mass is 32.2. The Morgan fingerprint density at radius 1 is 1.00 bits per heavy atom. The second kappa shape index (κ2) is 7.52. The monoisotopic (exact) mass is 408 g/mol. The van der Waals surface area contributed by atoms with Crippen LogP contribution in [0.25, 0.3) is 10.8 Å². The molecule has 1 saturated carbocycles. The molecule has 3 aromatic rings. The van der Waals surface area contributed by atoms with Crippen molar-refractivity contribution < 1.29 is 13.2 Å². The maximum Gasteiger partial charge on any atom is 0.265 e. The van der Waals surface area contributed by atoms with E-state index in [1.165, 1.54) is 4.31 Å². The summed E-state index contributed by atoms with van der Waals surface area (Å²) in [4.78, 5) is 12.8. The second-order valence-electron chi connectivity index (χ2n) is 7.55. The standard InChI is InChI=1S/C23H24N2O3S/c1-16-7-5-11-21(17(16)2)25(15-23(26)24-19-13-14-19)29(27,28)22-12-6-9-18-8-3-4-10-20(18)22/h3-12,19H,13-15H2,1-2H3,(H,24,26). The number of carbonyl (C=O) groups is 1. The van der Waals surface area contributed by atoms with E-state index >= 15 is 0 Å². The second-order valence-corrected chi connectivity index (χ2v) is 9.38. The van der Waals surface area contributed by atoms with Gasteiger partial charge in [0.15, 0.2) is 0 Å². The lowest BCUT2D eigenvalue weighted by Crippen LogP contribution is -2.42. The van der Waals surface area contributed by atoms with Crippen LogP contribution in [-0.4, -0.2) is 26.9 Å². The third-order valence-corrected chi connectivity index (χ3v) is 7.21. The molecule has 0 unspecified atom stereocenters. The third kappa shape index (κ3) is 3.85. The first-order valence-corrected chi connectivity index (χ1v) is 11.2. The summed E-state index contributed by atoms with van der Waals surface area (Å²) in [5, 5.41) is 4.39. The van der Waals surface area contributed by atoms with Gasteiger partial charge >= 0.3 is 0 Å². The summed E-state index contributed by atoms with van der Waals surface area (Å²) < 4.78 is 28.8. The van der Waals surface area contributed by atoms with Gasteiger partial charge < -0.3 is 5.32 Å². The van der Waals surface area contributed by atoms with Crippen LogP contribution in [0.3, 0.4) is 0 Å². The maximum absolute atomic E-state index is 13.8. The number of hydrogen-bond donors (Lipinski definition) is 1. The molecule has 5 nitrogen and oxygen atoms in total. The van der Waals surface area contributed by atoms with Crippen molar-refractivity contribution in [2.75, 3.05) is 10.8 Å². The summed E-state index contributed by atoms with van der Waals surface area (Å²) in [7, 11) is -3.96. The molecule has 1 fully saturated rings. The number of nitrogens with one attached hydrogen (secondary N) is 1. The molecular weight excluding hydrogens is 384 g/mol. The van der Waals surface area contributed by atoms with Crippen LogP contribution in [0.4, 0.5) is 5.69 Å². The SMILES string of the molecule is Cc1cccc(N(CC(=O)NC2CC2)S(=O)(=O)c2cccc3ccccc23)c1C. The number of rotatable bonds is 6. The number of amides is 1. The average Bonchev–Trinajstić information content (AvgIpc) is 3.52. The molecule has 0 saturated heterocycles. The van der Waals surface area contributed by atoms with Gasteiger partial charge in [0.25, 0.3) is 10.0 Å². The Kier molecular flexibility index (Phi) is 5.04. The normalized spacial score (nSPS) is 14.0. The Hall–Kier alpha value is -2.86. The summed E-state index contributed by atoms with van der Waals surface area (Å²) in [5.41, 5.74) is 2.35. The van der Waals surface area contributed by atoms with Crippen LogP contribution in [0, 0.1) is 13.8 Å². The highest BCUT2D eigenvalue weighted by Crippen LogP contribution is 2.32. The smallest absolute Gasteiger partial charge is 0.265 e. The van der Waals surface area contributed by atoms with E-state index in [9.17, 15) is 13.2 Å². The first-order chi connectivity index (χ1) is 13.9. The lowest BCUT2D eigenvalue weighted by Gasteiger charge is -2.27. The van der Waals surface area contributed by atoms with E-state index in [0.717, 1.165) is 29.4 Å². The van der Waals surface area contributed by atoms with Crippen LogP contribution in [0.1, 0.15) is 24.0 Å². The van der Waals surface area contributed by atoms with E-state index in [4.69, 9.17) is 0 Å². The molecule has 29 heavy (non-hydrogen) atoms. The van der Waals surface area contributed by atoms with Gasteiger partial charge in [-0.05, 0) is 55.3 Å². The van der Waals surface area contributed by atoms with Crippen LogP contribution in [0.2, 0.25) is 0 Å². The van der Waals surface area contributed by atoms with Crippen LogP contribution >= 0.6 is 0 Å². The molecule has 0 heterocycles. The molecule has 6 heteroatoms. The van der Waals surface area contributed by atoms with E-state index in [0.29, 0.717) is 11.1 Å². The van der Waals surface area contributed by atoms with Crippen molar-refractivity contribution in [2.24, 2.45) is 0 Å². The van der Waals surface area contributed by atoms with Crippen molar-refractivity contribution >= 4 is 32.4 Å². The van der Waals surface area contributed by atoms with Gasteiger partial charge in [-0.1, -0.05) is 48.5 Å². The Morgan fingerprint density at radius 2 is 1.69 bits per heavy atom. The van der Waals surface area contributed by atoms with Crippen molar-refractivity contribution in [1.29, 1.82) is 0 Å². The molecule has 1 aliphatic rings. The molecule has 1 aliphatic carbocycles. The van der Waals surface area contributed by atoms with Crippen LogP contribution < -0.4 is 9.62 Å². The minimum absolute atomic E-state index is 0.170. The van der Waals surface area contributed by atoms with Crippen molar-refractivity contribution in [3.05, 3.63) is 71.8 Å². The van der Waals surface area contributed by atoms with E-state index in [1.54, 1.807) is 24.3 Å². The molecule has 0 bridgehead atoms. The summed E-state index contributed by atoms with van der Waals surface area (Å²) >= 11 is 0. The molecule has 0 atom stereocenters. The van der Waals surface area contributed by atoms with E-state index in [2.05, 4.69) is 5.32 Å². The zero-order chi connectivity index (χ0) is 20.6. The Morgan fingerprint density at radius 3 is 2.45 bits per heavy atom. The quantitative estimate of drug-likeness (QED) is 0.672. The minimum Gasteiger partial charge on any atom is -0.352 e. The van der Waals surface area contributed by atoms with Gasteiger partial charge in [-0.25, -0.2) is 8.42 Å². The van der Waals surface area contributed by atoms with Crippen molar-refractivity contribution in [3.63, 3.8) is 0 Å². The van der Waals surface area contributed by atoms with Crippen LogP contribution in [0.15, 0.2) is 65.6 Å². The first kappa shape index (κ1) is 19.5. The lowest BCUT2D eigenvalue weighted by molar-refractivity contribution is -0.119. The van der Waals surface area contributed by atoms with Gasteiger partial charge in [0.2, 0.25) is 5.91 Å². The van der Waals surface area contributed by atoms with E-state index < -0.39 is 10.0 Å². The molecular formula is C23H24N2O3S. The van der Waals surface area contributed by atoms with Gasteiger partial charge in [0, 0.05) is 11.4 Å². The van der Waals surface area contributed by atoms with Gasteiger partial charge in [0.1, 0.15) is 6.54 Å². The fraction of sp³-hybridized carbons (Fsp3) is 0.261. The molecule has 4 rings (SSSR count). The van der Waals surface area contributed by atoms with Gasteiger partial charge in [-0.2, -0.15) is 0 Å². The molecule has 150 valence electrons. The number of carbonyl (C=O) groups excluding carboxylic acids is 1. The van der Waals surface area contributed by atoms with Gasteiger partial charge in [0.05, 0.1) is 10.6 Å². The summed E-state index contributed by atoms with van der Waals surface area (Å²) in [6.07, 6.45) is 1.90. The van der Waals surface area contributed by atoms with Crippen molar-refractivity contribution in [2.45, 2.75) is 37.6 Å². The summed E-state index contributed by atoms with van der Waals surface area (Å²) in [5.74, 6) is -0.280. The molecule has 0 aromatic heterocycles. The molecule has 1 N–H and O–H groups in total. The third-order valence-electron chi connectivity index (χ3n) is 5.39. The number of nitrogens with zero attached hydrogens (tertiary/aromatic N) is 1. The van der Waals surface area contributed by atoms with E-state index in [-0.39, 0.29) is 23.4 Å². The zero-order valence-electron chi connectivity index (χ0n) is 16.6. The molecule has 3 aromatic carbocycles. The van der Waals surface area contributed by atoms with E-state index in [1.807, 2.05) is 50.2 Å². The highest BCUT2D eigenvalue weighted by molar-refractivity contribution is 7.93. The predicted molar refractivity (Wildman–Crippen MR) is 116 cm³/mol. The van der Waals surface area contributed by atoms with Crippen molar-refractivity contribution in [3.8, 4) is 0 Å². The molecule has 0 aliphatic heterocycles. The first-order valence-electron chi connectivity index (χ1n) is 9.74. The number of anilines is 1. The molecule has 0 spiro atoms. The minimum atomic E-state index is -3.96. The van der Waals surface area contributed by atoms with Crippen LogP contribution in [0.5, 0.6) is 0 Å². The number of hydrogen-bond acceptors (Lipinski definition) is 3. The zero-order valence-corrected chi connectivity index (χ0v) is 17.4. The maximum atomic E-state index is 13.8. The number of aryl methyl sites for hydroxylation is 1. The summed E-state index contributed by atoms with van der Waals surface area (Å²) in [6.45, 7) is 3.58. The largest absolute Gasteiger partial charge is 0.352 e. The molecule has 1 amide bonds. The Balaban J connectivity index is 1.84. The van der Waals surface area contributed by atoms with Gasteiger partial charge in [-0.3, -0.25) is 9.10 Å². The Labute approximate surface area is 171 Å². The number of benzene rings is 3. The lowest BCUT2D eigenvalue weighted by atomic mass is 10.1. The Bertz CT molecular complexity index is 1180. The van der Waals surface area contributed by atoms with Gasteiger partial charge in [-0.15, -0.1) is 0 Å².